The second kappa shape index (κ2) is 7.11. The molecule has 1 rings (SSSR count). The molecule has 0 heterocycles. The summed E-state index contributed by atoms with van der Waals surface area (Å²) in [5, 5.41) is 3.07. The Hall–Kier alpha value is -1.42. The van der Waals surface area contributed by atoms with Gasteiger partial charge in [0.15, 0.2) is 0 Å². The highest BCUT2D eigenvalue weighted by atomic mass is 19.3. The number of nitrogens with one attached hydrogen (secondary N) is 1. The van der Waals surface area contributed by atoms with Crippen LogP contribution in [0.5, 0.6) is 5.75 Å². The van der Waals surface area contributed by atoms with E-state index in [2.05, 4.69) is 23.9 Å². The van der Waals surface area contributed by atoms with Crippen molar-refractivity contribution in [3.05, 3.63) is 35.4 Å². The molecule has 0 spiro atoms. The summed E-state index contributed by atoms with van der Waals surface area (Å²) in [5.74, 6) is 0.554. The van der Waals surface area contributed by atoms with Crippen LogP contribution in [0, 0.1) is 5.92 Å². The zero-order valence-corrected chi connectivity index (χ0v) is 10.9. The van der Waals surface area contributed by atoms with E-state index in [0.717, 1.165) is 12.1 Å². The smallest absolute Gasteiger partial charge is 0.387 e. The summed E-state index contributed by atoms with van der Waals surface area (Å²) in [4.78, 5) is 0. The summed E-state index contributed by atoms with van der Waals surface area (Å²) >= 11 is 0. The van der Waals surface area contributed by atoms with Crippen LogP contribution in [-0.4, -0.2) is 20.2 Å². The highest BCUT2D eigenvalue weighted by molar-refractivity contribution is 5.60. The monoisotopic (exact) mass is 255 g/mol. The maximum atomic E-state index is 12.3. The van der Waals surface area contributed by atoms with Gasteiger partial charge in [-0.25, -0.2) is 0 Å². The molecule has 0 aliphatic heterocycles. The molecule has 1 aromatic rings. The predicted molar refractivity (Wildman–Crippen MR) is 69.8 cm³/mol. The number of benzene rings is 1. The minimum Gasteiger partial charge on any atom is -0.434 e. The first kappa shape index (κ1) is 14.6. The average Bonchev–Trinajstić information content (AvgIpc) is 2.30. The Morgan fingerprint density at radius 3 is 2.56 bits per heavy atom. The Bertz CT molecular complexity index is 403. The number of hydrogen-bond acceptors (Lipinski definition) is 2. The third-order valence-corrected chi connectivity index (χ3v) is 2.60. The molecule has 18 heavy (non-hydrogen) atoms. The molecule has 0 saturated heterocycles. The lowest BCUT2D eigenvalue weighted by Gasteiger charge is -2.13. The van der Waals surface area contributed by atoms with Crippen LogP contribution in [0.1, 0.15) is 19.4 Å². The largest absolute Gasteiger partial charge is 0.434 e. The van der Waals surface area contributed by atoms with Crippen molar-refractivity contribution in [3.63, 3.8) is 0 Å². The van der Waals surface area contributed by atoms with E-state index < -0.39 is 6.61 Å². The van der Waals surface area contributed by atoms with Crippen LogP contribution in [0.4, 0.5) is 8.78 Å². The van der Waals surface area contributed by atoms with E-state index in [0.29, 0.717) is 11.5 Å². The van der Waals surface area contributed by atoms with Gasteiger partial charge in [0, 0.05) is 12.1 Å². The molecule has 0 unspecified atom stereocenters. The van der Waals surface area contributed by atoms with Crippen molar-refractivity contribution in [2.45, 2.75) is 20.5 Å². The van der Waals surface area contributed by atoms with E-state index in [1.165, 1.54) is 0 Å². The average molecular weight is 255 g/mol. The molecule has 0 saturated carbocycles. The van der Waals surface area contributed by atoms with Crippen LogP contribution in [0.15, 0.2) is 29.8 Å². The van der Waals surface area contributed by atoms with E-state index >= 15 is 0 Å². The summed E-state index contributed by atoms with van der Waals surface area (Å²) < 4.78 is 29.1. The maximum absolute atomic E-state index is 12.3. The van der Waals surface area contributed by atoms with Gasteiger partial charge in [-0.05, 0) is 19.0 Å². The fraction of sp³-hybridized carbons (Fsp3) is 0.429. The second-order valence-corrected chi connectivity index (χ2v) is 4.32. The first-order chi connectivity index (χ1) is 8.54. The first-order valence-electron chi connectivity index (χ1n) is 5.93. The van der Waals surface area contributed by atoms with Crippen LogP contribution < -0.4 is 10.1 Å². The van der Waals surface area contributed by atoms with Crippen molar-refractivity contribution in [2.24, 2.45) is 5.92 Å². The van der Waals surface area contributed by atoms with E-state index in [1.54, 1.807) is 18.2 Å². The SMILES string of the molecule is CNCC(=Cc1ccccc1OC(F)F)C(C)C. The molecule has 0 aromatic heterocycles. The molecule has 1 aromatic carbocycles. The van der Waals surface area contributed by atoms with Gasteiger partial charge in [-0.15, -0.1) is 0 Å². The maximum Gasteiger partial charge on any atom is 0.387 e. The molecule has 2 nitrogen and oxygen atoms in total. The molecular formula is C14H19F2NO. The van der Waals surface area contributed by atoms with Crippen LogP contribution in [0.25, 0.3) is 6.08 Å². The Morgan fingerprint density at radius 1 is 1.33 bits per heavy atom. The quantitative estimate of drug-likeness (QED) is 0.839. The minimum atomic E-state index is -2.80. The van der Waals surface area contributed by atoms with E-state index in [1.807, 2.05) is 19.2 Å². The molecule has 0 aliphatic rings. The lowest BCUT2D eigenvalue weighted by Crippen LogP contribution is -2.14. The van der Waals surface area contributed by atoms with Crippen molar-refractivity contribution < 1.29 is 13.5 Å². The van der Waals surface area contributed by atoms with Crippen molar-refractivity contribution in [1.82, 2.24) is 5.32 Å². The summed E-state index contributed by atoms with van der Waals surface area (Å²) in [6.45, 7) is 2.06. The van der Waals surface area contributed by atoms with Crippen molar-refractivity contribution >= 4 is 6.08 Å². The number of para-hydroxylation sites is 1. The molecular weight excluding hydrogens is 236 g/mol. The summed E-state index contributed by atoms with van der Waals surface area (Å²) in [6.07, 6.45) is 1.90. The second-order valence-electron chi connectivity index (χ2n) is 4.32. The van der Waals surface area contributed by atoms with Crippen molar-refractivity contribution in [2.75, 3.05) is 13.6 Å². The highest BCUT2D eigenvalue weighted by Gasteiger charge is 2.09. The topological polar surface area (TPSA) is 21.3 Å². The van der Waals surface area contributed by atoms with Crippen LogP contribution in [0.2, 0.25) is 0 Å². The van der Waals surface area contributed by atoms with Gasteiger partial charge < -0.3 is 10.1 Å². The standard InChI is InChI=1S/C14H19F2NO/c1-10(2)12(9-17-3)8-11-6-4-5-7-13(11)18-14(15)16/h4-8,10,14,17H,9H2,1-3H3. The van der Waals surface area contributed by atoms with Crippen molar-refractivity contribution in [1.29, 1.82) is 0 Å². The Kier molecular flexibility index (Phi) is 5.78. The van der Waals surface area contributed by atoms with Crippen LogP contribution in [-0.2, 0) is 0 Å². The predicted octanol–water partition coefficient (Wildman–Crippen LogP) is 3.55. The fourth-order valence-electron chi connectivity index (χ4n) is 1.63. The van der Waals surface area contributed by atoms with E-state index in [4.69, 9.17) is 0 Å². The summed E-state index contributed by atoms with van der Waals surface area (Å²) in [5.41, 5.74) is 1.82. The lowest BCUT2D eigenvalue weighted by molar-refractivity contribution is -0.0499. The Labute approximate surface area is 107 Å². The van der Waals surface area contributed by atoms with E-state index in [-0.39, 0.29) is 5.75 Å². The Morgan fingerprint density at radius 2 is 2.00 bits per heavy atom. The normalized spacial score (nSPS) is 12.3. The molecule has 0 bridgehead atoms. The molecule has 100 valence electrons. The van der Waals surface area contributed by atoms with Crippen LogP contribution >= 0.6 is 0 Å². The summed E-state index contributed by atoms with van der Waals surface area (Å²) in [6, 6.07) is 6.81. The number of likely N-dealkylation sites (N-methyl/N-ethyl adjacent to an activating group) is 1. The molecule has 0 atom stereocenters. The lowest BCUT2D eigenvalue weighted by atomic mass is 10.00. The highest BCUT2D eigenvalue weighted by Crippen LogP contribution is 2.24. The Balaban J connectivity index is 3.03. The number of rotatable bonds is 6. The zero-order chi connectivity index (χ0) is 13.5. The van der Waals surface area contributed by atoms with Gasteiger partial charge in [-0.1, -0.05) is 43.7 Å². The molecule has 0 amide bonds. The number of hydrogen-bond donors (Lipinski definition) is 1. The van der Waals surface area contributed by atoms with Gasteiger partial charge in [-0.3, -0.25) is 0 Å². The molecule has 1 N–H and O–H groups in total. The zero-order valence-electron chi connectivity index (χ0n) is 10.9. The third kappa shape index (κ3) is 4.45. The van der Waals surface area contributed by atoms with Gasteiger partial charge in [0.05, 0.1) is 0 Å². The number of halogens is 2. The summed E-state index contributed by atoms with van der Waals surface area (Å²) in [7, 11) is 1.86. The number of ether oxygens (including phenoxy) is 1. The molecule has 0 aliphatic carbocycles. The van der Waals surface area contributed by atoms with Gasteiger partial charge in [-0.2, -0.15) is 8.78 Å². The third-order valence-electron chi connectivity index (χ3n) is 2.60. The number of alkyl halides is 2. The molecule has 0 radical (unpaired) electrons. The van der Waals surface area contributed by atoms with Crippen molar-refractivity contribution in [3.8, 4) is 5.75 Å². The van der Waals surface area contributed by atoms with Crippen LogP contribution in [0.3, 0.4) is 0 Å². The minimum absolute atomic E-state index is 0.210. The molecule has 0 fully saturated rings. The fourth-order valence-corrected chi connectivity index (χ4v) is 1.63. The van der Waals surface area contributed by atoms with Gasteiger partial charge in [0.25, 0.3) is 0 Å². The molecule has 4 heteroatoms. The van der Waals surface area contributed by atoms with Gasteiger partial charge in [0.2, 0.25) is 0 Å². The first-order valence-corrected chi connectivity index (χ1v) is 5.93. The van der Waals surface area contributed by atoms with Gasteiger partial charge >= 0.3 is 6.61 Å². The van der Waals surface area contributed by atoms with E-state index in [9.17, 15) is 8.78 Å². The van der Waals surface area contributed by atoms with Gasteiger partial charge in [0.1, 0.15) is 5.75 Å².